The van der Waals surface area contributed by atoms with E-state index in [0.29, 0.717) is 5.41 Å². The number of nitrogen functional groups attached to an aromatic ring is 1. The van der Waals surface area contributed by atoms with E-state index in [4.69, 9.17) is 5.73 Å². The zero-order valence-electron chi connectivity index (χ0n) is 8.55. The van der Waals surface area contributed by atoms with Crippen LogP contribution in [0.15, 0.2) is 6.20 Å². The highest BCUT2D eigenvalue weighted by atomic mass is 32.1. The molecule has 0 saturated heterocycles. The van der Waals surface area contributed by atoms with E-state index in [-0.39, 0.29) is 0 Å². The third-order valence-electron chi connectivity index (χ3n) is 3.30. The minimum Gasteiger partial charge on any atom is -0.389 e. The molecule has 1 fully saturated rings. The van der Waals surface area contributed by atoms with Crippen molar-refractivity contribution >= 4 is 21.5 Å². The quantitative estimate of drug-likeness (QED) is 0.805. The van der Waals surface area contributed by atoms with Crippen molar-refractivity contribution in [3.05, 3.63) is 6.20 Å². The summed E-state index contributed by atoms with van der Waals surface area (Å²) in [6.07, 6.45) is 7.08. The summed E-state index contributed by atoms with van der Waals surface area (Å²) < 4.78 is 0. The largest absolute Gasteiger partial charge is 0.389 e. The van der Waals surface area contributed by atoms with Gasteiger partial charge in [-0.1, -0.05) is 24.7 Å². The minimum absolute atomic E-state index is 0.542. The highest BCUT2D eigenvalue weighted by molar-refractivity contribution is 7.19. The Morgan fingerprint density at radius 2 is 2.43 bits per heavy atom. The lowest BCUT2D eigenvalue weighted by molar-refractivity contribution is 0.145. The highest BCUT2D eigenvalue weighted by Gasteiger charge is 2.34. The first-order valence-electron chi connectivity index (χ1n) is 5.19. The van der Waals surface area contributed by atoms with Crippen molar-refractivity contribution in [3.63, 3.8) is 0 Å². The molecule has 4 heteroatoms. The molecule has 0 unspecified atom stereocenters. The number of nitrogens with two attached hydrogens (primary N) is 1. The molecule has 1 aliphatic carbocycles. The van der Waals surface area contributed by atoms with Gasteiger partial charge in [0.2, 0.25) is 0 Å². The zero-order chi connectivity index (χ0) is 10.0. The van der Waals surface area contributed by atoms with Crippen LogP contribution in [-0.4, -0.2) is 11.5 Å². The van der Waals surface area contributed by atoms with Crippen LogP contribution in [0, 0.1) is 5.41 Å². The van der Waals surface area contributed by atoms with Gasteiger partial charge >= 0.3 is 0 Å². The van der Waals surface area contributed by atoms with Crippen molar-refractivity contribution in [2.45, 2.75) is 32.6 Å². The summed E-state index contributed by atoms with van der Waals surface area (Å²) in [5.41, 5.74) is 6.16. The van der Waals surface area contributed by atoms with E-state index < -0.39 is 0 Å². The Kier molecular flexibility index (Phi) is 2.63. The Hall–Kier alpha value is -0.770. The molecule has 0 aromatic carbocycles. The van der Waals surface area contributed by atoms with Crippen molar-refractivity contribution < 1.29 is 0 Å². The maximum absolute atomic E-state index is 5.61. The van der Waals surface area contributed by atoms with Crippen LogP contribution in [0.4, 0.5) is 10.1 Å². The van der Waals surface area contributed by atoms with Crippen LogP contribution < -0.4 is 11.1 Å². The maximum atomic E-state index is 5.61. The molecule has 3 nitrogen and oxygen atoms in total. The number of hydrogen-bond donors (Lipinski definition) is 2. The SMILES string of the molecule is CCC1(CNc2ncc(N)s2)CCC1. The molecular weight excluding hydrogens is 194 g/mol. The number of hydrogen-bond acceptors (Lipinski definition) is 4. The summed E-state index contributed by atoms with van der Waals surface area (Å²) in [4.78, 5) is 4.19. The average Bonchev–Trinajstić information content (AvgIpc) is 2.50. The van der Waals surface area contributed by atoms with Gasteiger partial charge in [0.15, 0.2) is 5.13 Å². The van der Waals surface area contributed by atoms with E-state index in [0.717, 1.165) is 16.7 Å². The minimum atomic E-state index is 0.542. The van der Waals surface area contributed by atoms with Crippen molar-refractivity contribution in [2.75, 3.05) is 17.6 Å². The predicted octanol–water partition coefficient (Wildman–Crippen LogP) is 2.72. The molecule has 1 aromatic heterocycles. The van der Waals surface area contributed by atoms with Gasteiger partial charge in [0.05, 0.1) is 6.20 Å². The Labute approximate surface area is 88.7 Å². The second-order valence-corrected chi connectivity index (χ2v) is 5.19. The lowest BCUT2D eigenvalue weighted by Crippen LogP contribution is -2.35. The third kappa shape index (κ3) is 1.85. The van der Waals surface area contributed by atoms with E-state index in [9.17, 15) is 0 Å². The smallest absolute Gasteiger partial charge is 0.184 e. The molecule has 1 aromatic rings. The maximum Gasteiger partial charge on any atom is 0.184 e. The van der Waals surface area contributed by atoms with Crippen molar-refractivity contribution in [3.8, 4) is 0 Å². The van der Waals surface area contributed by atoms with Gasteiger partial charge < -0.3 is 11.1 Å². The van der Waals surface area contributed by atoms with Gasteiger partial charge in [-0.05, 0) is 24.7 Å². The molecule has 2 rings (SSSR count). The van der Waals surface area contributed by atoms with Crippen LogP contribution in [-0.2, 0) is 0 Å². The summed E-state index contributed by atoms with van der Waals surface area (Å²) >= 11 is 1.53. The van der Waals surface area contributed by atoms with Gasteiger partial charge in [0.25, 0.3) is 0 Å². The molecule has 0 spiro atoms. The number of anilines is 2. The molecule has 3 N–H and O–H groups in total. The van der Waals surface area contributed by atoms with Gasteiger partial charge in [-0.2, -0.15) is 0 Å². The summed E-state index contributed by atoms with van der Waals surface area (Å²) in [7, 11) is 0. The van der Waals surface area contributed by atoms with E-state index >= 15 is 0 Å². The summed E-state index contributed by atoms with van der Waals surface area (Å²) in [5, 5.41) is 5.13. The van der Waals surface area contributed by atoms with Gasteiger partial charge in [-0.25, -0.2) is 4.98 Å². The molecule has 1 saturated carbocycles. The molecule has 0 radical (unpaired) electrons. The monoisotopic (exact) mass is 211 g/mol. The fourth-order valence-electron chi connectivity index (χ4n) is 1.96. The van der Waals surface area contributed by atoms with Gasteiger partial charge in [-0.3, -0.25) is 0 Å². The van der Waals surface area contributed by atoms with Crippen LogP contribution in [0.2, 0.25) is 0 Å². The van der Waals surface area contributed by atoms with E-state index in [1.165, 1.54) is 37.0 Å². The van der Waals surface area contributed by atoms with Crippen molar-refractivity contribution in [2.24, 2.45) is 5.41 Å². The Morgan fingerprint density at radius 1 is 1.64 bits per heavy atom. The first-order valence-corrected chi connectivity index (χ1v) is 6.01. The van der Waals surface area contributed by atoms with E-state index in [1.54, 1.807) is 6.20 Å². The summed E-state index contributed by atoms with van der Waals surface area (Å²) in [6.45, 7) is 3.33. The number of nitrogens with one attached hydrogen (secondary N) is 1. The normalized spacial score (nSPS) is 18.9. The van der Waals surface area contributed by atoms with Crippen LogP contribution in [0.5, 0.6) is 0 Å². The first-order chi connectivity index (χ1) is 6.74. The lowest BCUT2D eigenvalue weighted by Gasteiger charge is -2.41. The first kappa shape index (κ1) is 9.77. The fraction of sp³-hybridized carbons (Fsp3) is 0.700. The van der Waals surface area contributed by atoms with Gasteiger partial charge in [0.1, 0.15) is 5.00 Å². The van der Waals surface area contributed by atoms with Crippen molar-refractivity contribution in [1.82, 2.24) is 4.98 Å². The fourth-order valence-corrected chi connectivity index (χ4v) is 2.54. The predicted molar refractivity (Wildman–Crippen MR) is 61.6 cm³/mol. The Morgan fingerprint density at radius 3 is 2.86 bits per heavy atom. The standard InChI is InChI=1S/C10H17N3S/c1-2-10(4-3-5-10)7-13-9-12-6-8(11)14-9/h6H,2-5,7,11H2,1H3,(H,12,13). The van der Waals surface area contributed by atoms with Crippen LogP contribution in [0.3, 0.4) is 0 Å². The molecule has 0 atom stereocenters. The molecule has 14 heavy (non-hydrogen) atoms. The second kappa shape index (κ2) is 3.77. The molecule has 1 aliphatic rings. The van der Waals surface area contributed by atoms with Crippen LogP contribution in [0.25, 0.3) is 0 Å². The Bertz CT molecular complexity index is 299. The highest BCUT2D eigenvalue weighted by Crippen LogP contribution is 2.43. The summed E-state index contributed by atoms with van der Waals surface area (Å²) in [5.74, 6) is 0. The van der Waals surface area contributed by atoms with Crippen LogP contribution in [0.1, 0.15) is 32.6 Å². The molecule has 1 heterocycles. The molecular formula is C10H17N3S. The number of aromatic nitrogens is 1. The zero-order valence-corrected chi connectivity index (χ0v) is 9.36. The van der Waals surface area contributed by atoms with Gasteiger partial charge in [-0.15, -0.1) is 0 Å². The number of thiazole rings is 1. The average molecular weight is 211 g/mol. The molecule has 0 bridgehead atoms. The van der Waals surface area contributed by atoms with E-state index in [1.807, 2.05) is 0 Å². The lowest BCUT2D eigenvalue weighted by atomic mass is 9.67. The van der Waals surface area contributed by atoms with Crippen molar-refractivity contribution in [1.29, 1.82) is 0 Å². The molecule has 78 valence electrons. The number of rotatable bonds is 4. The number of nitrogens with zero attached hydrogens (tertiary/aromatic N) is 1. The summed E-state index contributed by atoms with van der Waals surface area (Å²) in [6, 6.07) is 0. The van der Waals surface area contributed by atoms with Gasteiger partial charge in [0, 0.05) is 6.54 Å². The molecule has 0 aliphatic heterocycles. The van der Waals surface area contributed by atoms with E-state index in [2.05, 4.69) is 17.2 Å². The molecule has 0 amide bonds. The third-order valence-corrected chi connectivity index (χ3v) is 4.09. The second-order valence-electron chi connectivity index (χ2n) is 4.13. The topological polar surface area (TPSA) is 50.9 Å². The van der Waals surface area contributed by atoms with Crippen LogP contribution >= 0.6 is 11.3 Å². The Balaban J connectivity index is 1.87.